The first kappa shape index (κ1) is 13.5. The van der Waals surface area contributed by atoms with Gasteiger partial charge in [-0.05, 0) is 18.8 Å². The molecule has 6 heteroatoms. The van der Waals surface area contributed by atoms with Crippen molar-refractivity contribution in [2.24, 2.45) is 13.0 Å². The minimum Gasteiger partial charge on any atom is -0.396 e. The number of nitrogens with two attached hydrogens (primary N) is 1. The van der Waals surface area contributed by atoms with Crippen LogP contribution in [0.15, 0.2) is 6.20 Å². The van der Waals surface area contributed by atoms with Gasteiger partial charge in [0.05, 0.1) is 5.69 Å². The highest BCUT2D eigenvalue weighted by atomic mass is 16.3. The maximum atomic E-state index is 11.7. The van der Waals surface area contributed by atoms with Gasteiger partial charge in [0.2, 0.25) is 0 Å². The Labute approximate surface area is 101 Å². The van der Waals surface area contributed by atoms with E-state index in [-0.39, 0.29) is 24.1 Å². The zero-order valence-electron chi connectivity index (χ0n) is 10.3. The number of nitrogens with one attached hydrogen (secondary N) is 1. The number of hydrogen-bond acceptors (Lipinski definition) is 4. The molecule has 1 amide bonds. The van der Waals surface area contributed by atoms with Gasteiger partial charge < -0.3 is 16.2 Å². The Hall–Kier alpha value is -1.56. The molecule has 1 atom stereocenters. The summed E-state index contributed by atoms with van der Waals surface area (Å²) in [7, 11) is 1.72. The number of aliphatic hydroxyl groups is 1. The Morgan fingerprint density at radius 3 is 2.94 bits per heavy atom. The Morgan fingerprint density at radius 1 is 1.71 bits per heavy atom. The second kappa shape index (κ2) is 6.24. The van der Waals surface area contributed by atoms with Gasteiger partial charge in [-0.25, -0.2) is 0 Å². The Bertz CT molecular complexity index is 376. The Kier molecular flexibility index (Phi) is 4.96. The van der Waals surface area contributed by atoms with Gasteiger partial charge in [-0.2, -0.15) is 5.10 Å². The molecule has 1 aromatic rings. The van der Waals surface area contributed by atoms with Crippen molar-refractivity contribution in [2.45, 2.75) is 19.8 Å². The van der Waals surface area contributed by atoms with E-state index in [9.17, 15) is 4.79 Å². The van der Waals surface area contributed by atoms with Crippen molar-refractivity contribution in [3.05, 3.63) is 11.9 Å². The molecule has 1 unspecified atom stereocenters. The predicted octanol–water partition coefficient (Wildman–Crippen LogP) is 0.141. The lowest BCUT2D eigenvalue weighted by atomic mass is 10.1. The minimum atomic E-state index is -0.250. The van der Waals surface area contributed by atoms with Crippen molar-refractivity contribution in [1.82, 2.24) is 15.1 Å². The van der Waals surface area contributed by atoms with E-state index < -0.39 is 0 Å². The molecule has 0 aromatic carbocycles. The number of nitrogens with zero attached hydrogens (tertiary/aromatic N) is 2. The lowest BCUT2D eigenvalue weighted by molar-refractivity contribution is 0.0947. The molecular weight excluding hydrogens is 220 g/mol. The van der Waals surface area contributed by atoms with Crippen LogP contribution in [0.1, 0.15) is 30.3 Å². The number of carbonyl (C=O) groups excluding carboxylic acids is 1. The zero-order chi connectivity index (χ0) is 12.8. The van der Waals surface area contributed by atoms with E-state index in [2.05, 4.69) is 10.4 Å². The highest BCUT2D eigenvalue weighted by Crippen LogP contribution is 2.08. The van der Waals surface area contributed by atoms with Crippen molar-refractivity contribution < 1.29 is 9.90 Å². The van der Waals surface area contributed by atoms with Gasteiger partial charge in [0, 0.05) is 26.4 Å². The summed E-state index contributed by atoms with van der Waals surface area (Å²) in [5, 5.41) is 15.6. The first-order valence-electron chi connectivity index (χ1n) is 5.72. The molecule has 0 aliphatic carbocycles. The number of aromatic nitrogens is 2. The first-order valence-corrected chi connectivity index (χ1v) is 5.72. The average Bonchev–Trinajstić information content (AvgIpc) is 2.63. The van der Waals surface area contributed by atoms with Gasteiger partial charge in [0.15, 0.2) is 5.69 Å². The fourth-order valence-electron chi connectivity index (χ4n) is 1.51. The van der Waals surface area contributed by atoms with Crippen LogP contribution in [-0.2, 0) is 7.05 Å². The van der Waals surface area contributed by atoms with Crippen molar-refractivity contribution >= 4 is 11.6 Å². The third kappa shape index (κ3) is 4.07. The quantitative estimate of drug-likeness (QED) is 0.617. The van der Waals surface area contributed by atoms with E-state index in [1.165, 1.54) is 4.68 Å². The van der Waals surface area contributed by atoms with Gasteiger partial charge in [-0.15, -0.1) is 0 Å². The van der Waals surface area contributed by atoms with Crippen LogP contribution in [0.25, 0.3) is 0 Å². The molecule has 4 N–H and O–H groups in total. The SMILES string of the molecule is CC(CO)CCCNC(=O)c1nn(C)cc1N. The van der Waals surface area contributed by atoms with Crippen molar-refractivity contribution in [1.29, 1.82) is 0 Å². The zero-order valence-corrected chi connectivity index (χ0v) is 10.3. The van der Waals surface area contributed by atoms with Crippen LogP contribution in [0.5, 0.6) is 0 Å². The normalized spacial score (nSPS) is 12.4. The fraction of sp³-hybridized carbons (Fsp3) is 0.636. The Balaban J connectivity index is 2.33. The number of nitrogen functional groups attached to an aromatic ring is 1. The lowest BCUT2D eigenvalue weighted by Crippen LogP contribution is -2.26. The van der Waals surface area contributed by atoms with Crippen molar-refractivity contribution in [2.75, 3.05) is 18.9 Å². The average molecular weight is 240 g/mol. The fourth-order valence-corrected chi connectivity index (χ4v) is 1.51. The molecule has 1 rings (SSSR count). The van der Waals surface area contributed by atoms with E-state index in [1.54, 1.807) is 13.2 Å². The maximum absolute atomic E-state index is 11.7. The first-order chi connectivity index (χ1) is 8.04. The molecule has 1 aromatic heterocycles. The van der Waals surface area contributed by atoms with Crippen LogP contribution in [0.2, 0.25) is 0 Å². The number of amides is 1. The molecule has 96 valence electrons. The molecule has 0 fully saturated rings. The van der Waals surface area contributed by atoms with Crippen LogP contribution in [0, 0.1) is 5.92 Å². The topological polar surface area (TPSA) is 93.2 Å². The van der Waals surface area contributed by atoms with Crippen LogP contribution in [-0.4, -0.2) is 33.9 Å². The largest absolute Gasteiger partial charge is 0.396 e. The third-order valence-corrected chi connectivity index (χ3v) is 2.54. The highest BCUT2D eigenvalue weighted by molar-refractivity contribution is 5.96. The van der Waals surface area contributed by atoms with Gasteiger partial charge in [-0.1, -0.05) is 6.92 Å². The summed E-state index contributed by atoms with van der Waals surface area (Å²) in [4.78, 5) is 11.7. The van der Waals surface area contributed by atoms with Gasteiger partial charge in [0.1, 0.15) is 0 Å². The molecule has 0 aliphatic rings. The van der Waals surface area contributed by atoms with E-state index in [1.807, 2.05) is 6.92 Å². The predicted molar refractivity (Wildman–Crippen MR) is 65.4 cm³/mol. The number of carbonyl (C=O) groups is 1. The smallest absolute Gasteiger partial charge is 0.273 e. The van der Waals surface area contributed by atoms with Crippen LogP contribution in [0.3, 0.4) is 0 Å². The summed E-state index contributed by atoms with van der Waals surface area (Å²) in [5.74, 6) is 0.0200. The van der Waals surface area contributed by atoms with Crippen LogP contribution in [0.4, 0.5) is 5.69 Å². The minimum absolute atomic E-state index is 0.182. The molecule has 0 bridgehead atoms. The molecular formula is C11H20N4O2. The molecule has 0 spiro atoms. The second-order valence-corrected chi connectivity index (χ2v) is 4.29. The summed E-state index contributed by atoms with van der Waals surface area (Å²) < 4.78 is 1.51. The van der Waals surface area contributed by atoms with E-state index in [0.29, 0.717) is 12.2 Å². The number of aryl methyl sites for hydroxylation is 1. The van der Waals surface area contributed by atoms with Crippen LogP contribution >= 0.6 is 0 Å². The van der Waals surface area contributed by atoms with Gasteiger partial charge in [-0.3, -0.25) is 9.48 Å². The lowest BCUT2D eigenvalue weighted by Gasteiger charge is -2.07. The molecule has 0 aliphatic heterocycles. The van der Waals surface area contributed by atoms with Crippen molar-refractivity contribution in [3.63, 3.8) is 0 Å². The molecule has 1 heterocycles. The molecule has 6 nitrogen and oxygen atoms in total. The van der Waals surface area contributed by atoms with Crippen LogP contribution < -0.4 is 11.1 Å². The third-order valence-electron chi connectivity index (χ3n) is 2.54. The number of rotatable bonds is 6. The van der Waals surface area contributed by atoms with E-state index in [4.69, 9.17) is 10.8 Å². The summed E-state index contributed by atoms with van der Waals surface area (Å²) in [6, 6.07) is 0. The van der Waals surface area contributed by atoms with E-state index in [0.717, 1.165) is 12.8 Å². The Morgan fingerprint density at radius 2 is 2.41 bits per heavy atom. The maximum Gasteiger partial charge on any atom is 0.273 e. The summed E-state index contributed by atoms with van der Waals surface area (Å²) in [5.41, 5.74) is 6.29. The van der Waals surface area contributed by atoms with E-state index >= 15 is 0 Å². The van der Waals surface area contributed by atoms with Gasteiger partial charge >= 0.3 is 0 Å². The monoisotopic (exact) mass is 240 g/mol. The second-order valence-electron chi connectivity index (χ2n) is 4.29. The molecule has 0 saturated carbocycles. The standard InChI is InChI=1S/C11H20N4O2/c1-8(7-16)4-3-5-13-11(17)10-9(12)6-15(2)14-10/h6,8,16H,3-5,7,12H2,1-2H3,(H,13,17). The number of anilines is 1. The molecule has 17 heavy (non-hydrogen) atoms. The van der Waals surface area contributed by atoms with Gasteiger partial charge in [0.25, 0.3) is 5.91 Å². The highest BCUT2D eigenvalue weighted by Gasteiger charge is 2.13. The molecule has 0 saturated heterocycles. The summed E-state index contributed by atoms with van der Waals surface area (Å²) >= 11 is 0. The number of hydrogen-bond donors (Lipinski definition) is 3. The summed E-state index contributed by atoms with van der Waals surface area (Å²) in [6.45, 7) is 2.72. The number of aliphatic hydroxyl groups excluding tert-OH is 1. The molecule has 0 radical (unpaired) electrons. The van der Waals surface area contributed by atoms with Crippen molar-refractivity contribution in [3.8, 4) is 0 Å². The summed E-state index contributed by atoms with van der Waals surface area (Å²) in [6.07, 6.45) is 3.32.